The topological polar surface area (TPSA) is 63.9 Å². The van der Waals surface area contributed by atoms with Crippen molar-refractivity contribution in [1.82, 2.24) is 20.0 Å². The highest BCUT2D eigenvalue weighted by molar-refractivity contribution is 14.0. The van der Waals surface area contributed by atoms with Crippen molar-refractivity contribution in [2.24, 2.45) is 12.0 Å². The van der Waals surface area contributed by atoms with Crippen LogP contribution < -0.4 is 10.1 Å². The van der Waals surface area contributed by atoms with E-state index in [2.05, 4.69) is 20.1 Å². The van der Waals surface area contributed by atoms with Gasteiger partial charge in [-0.05, 0) is 6.07 Å². The van der Waals surface area contributed by atoms with Crippen molar-refractivity contribution in [3.63, 3.8) is 0 Å². The van der Waals surface area contributed by atoms with E-state index >= 15 is 0 Å². The van der Waals surface area contributed by atoms with E-state index in [4.69, 9.17) is 4.74 Å². The van der Waals surface area contributed by atoms with Crippen molar-refractivity contribution in [2.45, 2.75) is 19.0 Å². The lowest BCUT2D eigenvalue weighted by molar-refractivity contribution is -0.274. The van der Waals surface area contributed by atoms with Crippen LogP contribution in [0, 0.1) is 0 Å². The van der Waals surface area contributed by atoms with Crippen LogP contribution in [0.4, 0.5) is 13.2 Å². The minimum absolute atomic E-state index is 0. The number of aromatic nitrogens is 2. The molecule has 0 radical (unpaired) electrons. The molecule has 1 aromatic carbocycles. The summed E-state index contributed by atoms with van der Waals surface area (Å²) in [6, 6.07) is 6.04. The van der Waals surface area contributed by atoms with Crippen LogP contribution in [-0.2, 0) is 18.3 Å². The molecule has 1 unspecified atom stereocenters. The highest BCUT2D eigenvalue weighted by Crippen LogP contribution is 2.26. The minimum Gasteiger partial charge on any atom is -0.405 e. The van der Waals surface area contributed by atoms with Gasteiger partial charge in [-0.15, -0.1) is 37.1 Å². The number of aliphatic imine (C=N–C) groups is 1. The van der Waals surface area contributed by atoms with E-state index in [1.54, 1.807) is 30.1 Å². The largest absolute Gasteiger partial charge is 0.573 e. The number of para-hydroxylation sites is 1. The van der Waals surface area contributed by atoms with Gasteiger partial charge in [0.25, 0.3) is 0 Å². The molecule has 2 aromatic rings. The van der Waals surface area contributed by atoms with Gasteiger partial charge in [-0.1, -0.05) is 18.2 Å². The third-order valence-electron chi connectivity index (χ3n) is 4.31. The molecule has 1 aliphatic heterocycles. The molecule has 0 bridgehead atoms. The average Bonchev–Trinajstić information content (AvgIpc) is 3.09. The molecule has 1 atom stereocenters. The van der Waals surface area contributed by atoms with Gasteiger partial charge in [0.1, 0.15) is 11.9 Å². The molecule has 29 heavy (non-hydrogen) atoms. The Labute approximate surface area is 183 Å². The lowest BCUT2D eigenvalue weighted by atomic mass is 10.1. The fraction of sp³-hybridized carbons (Fsp3) is 0.444. The van der Waals surface area contributed by atoms with Crippen LogP contribution in [0.2, 0.25) is 0 Å². The van der Waals surface area contributed by atoms with Crippen LogP contribution in [0.15, 0.2) is 41.7 Å². The van der Waals surface area contributed by atoms with Crippen LogP contribution in [0.5, 0.6) is 5.75 Å². The zero-order chi connectivity index (χ0) is 20.1. The molecular formula is C18H23F3IN5O2. The second-order valence-electron chi connectivity index (χ2n) is 6.31. The number of aryl methyl sites for hydroxylation is 1. The molecule has 11 heteroatoms. The fourth-order valence-corrected chi connectivity index (χ4v) is 3.03. The summed E-state index contributed by atoms with van der Waals surface area (Å²) in [6.07, 6.45) is -1.23. The Morgan fingerprint density at radius 3 is 2.79 bits per heavy atom. The van der Waals surface area contributed by atoms with Crippen molar-refractivity contribution in [2.75, 3.05) is 26.7 Å². The number of ether oxygens (including phenoxy) is 2. The van der Waals surface area contributed by atoms with E-state index in [0.29, 0.717) is 31.2 Å². The standard InChI is InChI=1S/C18H22F3N5O2.HI/c1-22-17(23-9-13-5-3-4-6-15(13)28-18(19,20)21)26-7-8-27-16(12-26)14-10-24-25(2)11-14;/h3-6,10-11,16H,7-9,12H2,1-2H3,(H,22,23);1H. The second kappa shape index (κ2) is 10.1. The number of halogens is 4. The lowest BCUT2D eigenvalue weighted by Gasteiger charge is -2.34. The van der Waals surface area contributed by atoms with Crippen molar-refractivity contribution in [3.05, 3.63) is 47.8 Å². The summed E-state index contributed by atoms with van der Waals surface area (Å²) < 4.78 is 49.4. The molecule has 1 aliphatic rings. The normalized spacial score (nSPS) is 17.6. The molecule has 160 valence electrons. The van der Waals surface area contributed by atoms with Crippen molar-refractivity contribution in [1.29, 1.82) is 0 Å². The molecular weight excluding hydrogens is 502 g/mol. The quantitative estimate of drug-likeness (QED) is 0.378. The van der Waals surface area contributed by atoms with Crippen molar-refractivity contribution >= 4 is 29.9 Å². The molecule has 7 nitrogen and oxygen atoms in total. The summed E-state index contributed by atoms with van der Waals surface area (Å²) in [4.78, 5) is 6.26. The Balaban J connectivity index is 0.00000300. The van der Waals surface area contributed by atoms with Gasteiger partial charge in [0, 0.05) is 44.5 Å². The van der Waals surface area contributed by atoms with Crippen LogP contribution in [0.1, 0.15) is 17.2 Å². The molecule has 0 amide bonds. The lowest BCUT2D eigenvalue weighted by Crippen LogP contribution is -2.47. The van der Waals surface area contributed by atoms with Crippen molar-refractivity contribution in [3.8, 4) is 5.75 Å². The third-order valence-corrected chi connectivity index (χ3v) is 4.31. The number of nitrogens with zero attached hydrogens (tertiary/aromatic N) is 4. The predicted molar refractivity (Wildman–Crippen MR) is 112 cm³/mol. The van der Waals surface area contributed by atoms with Gasteiger partial charge >= 0.3 is 6.36 Å². The first-order chi connectivity index (χ1) is 13.4. The predicted octanol–water partition coefficient (Wildman–Crippen LogP) is 3.09. The van der Waals surface area contributed by atoms with Crippen LogP contribution in [0.25, 0.3) is 0 Å². The number of hydrogen-bond acceptors (Lipinski definition) is 4. The molecule has 0 spiro atoms. The molecule has 1 aromatic heterocycles. The van der Waals surface area contributed by atoms with Crippen molar-refractivity contribution < 1.29 is 22.6 Å². The fourth-order valence-electron chi connectivity index (χ4n) is 3.03. The van der Waals surface area contributed by atoms with Crippen LogP contribution in [0.3, 0.4) is 0 Å². The molecule has 0 aliphatic carbocycles. The van der Waals surface area contributed by atoms with Gasteiger partial charge in [0.2, 0.25) is 0 Å². The minimum atomic E-state index is -4.74. The molecule has 3 rings (SSSR count). The number of morpholine rings is 1. The highest BCUT2D eigenvalue weighted by Gasteiger charge is 2.32. The maximum Gasteiger partial charge on any atom is 0.573 e. The summed E-state index contributed by atoms with van der Waals surface area (Å²) in [5.41, 5.74) is 1.35. The first-order valence-corrected chi connectivity index (χ1v) is 8.75. The van der Waals surface area contributed by atoms with Gasteiger partial charge in [-0.25, -0.2) is 0 Å². The third kappa shape index (κ3) is 6.49. The second-order valence-corrected chi connectivity index (χ2v) is 6.31. The molecule has 1 fully saturated rings. The summed E-state index contributed by atoms with van der Waals surface area (Å²) in [5.74, 6) is 0.354. The SMILES string of the molecule is CN=C(NCc1ccccc1OC(F)(F)F)N1CCOC(c2cnn(C)c2)C1.I. The van der Waals surface area contributed by atoms with E-state index in [1.165, 1.54) is 12.1 Å². The first-order valence-electron chi connectivity index (χ1n) is 8.75. The molecule has 0 saturated carbocycles. The summed E-state index contributed by atoms with van der Waals surface area (Å²) >= 11 is 0. The maximum absolute atomic E-state index is 12.6. The van der Waals surface area contributed by atoms with Gasteiger partial charge in [0.05, 0.1) is 19.3 Å². The zero-order valence-electron chi connectivity index (χ0n) is 16.0. The number of benzene rings is 1. The van der Waals surface area contributed by atoms with Gasteiger partial charge in [-0.3, -0.25) is 9.67 Å². The van der Waals surface area contributed by atoms with Gasteiger partial charge in [0.15, 0.2) is 5.96 Å². The van der Waals surface area contributed by atoms with Crippen LogP contribution in [-0.4, -0.2) is 53.7 Å². The number of nitrogens with one attached hydrogen (secondary N) is 1. The first kappa shape index (κ1) is 23.3. The molecule has 1 N–H and O–H groups in total. The number of alkyl halides is 3. The van der Waals surface area contributed by atoms with E-state index in [1.807, 2.05) is 18.1 Å². The maximum atomic E-state index is 12.6. The van der Waals surface area contributed by atoms with E-state index in [0.717, 1.165) is 5.56 Å². The Morgan fingerprint density at radius 1 is 1.38 bits per heavy atom. The van der Waals surface area contributed by atoms with E-state index < -0.39 is 6.36 Å². The monoisotopic (exact) mass is 525 g/mol. The highest BCUT2D eigenvalue weighted by atomic mass is 127. The van der Waals surface area contributed by atoms with E-state index in [9.17, 15) is 13.2 Å². The van der Waals surface area contributed by atoms with Gasteiger partial charge in [-0.2, -0.15) is 5.10 Å². The molecule has 1 saturated heterocycles. The summed E-state index contributed by atoms with van der Waals surface area (Å²) in [6.45, 7) is 1.84. The average molecular weight is 525 g/mol. The van der Waals surface area contributed by atoms with E-state index in [-0.39, 0.29) is 42.4 Å². The Bertz CT molecular complexity index is 828. The number of guanidine groups is 1. The Kier molecular flexibility index (Phi) is 8.14. The summed E-state index contributed by atoms with van der Waals surface area (Å²) in [7, 11) is 3.47. The zero-order valence-corrected chi connectivity index (χ0v) is 18.3. The molecule has 2 heterocycles. The number of hydrogen-bond donors (Lipinski definition) is 1. The van der Waals surface area contributed by atoms with Gasteiger partial charge < -0.3 is 19.7 Å². The smallest absolute Gasteiger partial charge is 0.405 e. The Morgan fingerprint density at radius 2 is 2.14 bits per heavy atom. The van der Waals surface area contributed by atoms with Crippen LogP contribution >= 0.6 is 24.0 Å². The number of rotatable bonds is 4. The Hall–Kier alpha value is -2.02. The summed E-state index contributed by atoms with van der Waals surface area (Å²) in [5, 5.41) is 7.27.